The molecule has 0 saturated carbocycles. The average Bonchev–Trinajstić information content (AvgIpc) is 3.23. The van der Waals surface area contributed by atoms with Crippen LogP contribution < -0.4 is 10.1 Å². The number of para-hydroxylation sites is 3. The number of nitrogens with one attached hydrogen (secondary N) is 1. The number of carbonyl (C=O) groups is 1. The van der Waals surface area contributed by atoms with Gasteiger partial charge in [-0.25, -0.2) is 4.39 Å². The van der Waals surface area contributed by atoms with Gasteiger partial charge in [0.1, 0.15) is 11.6 Å². The van der Waals surface area contributed by atoms with E-state index < -0.39 is 0 Å². The minimum atomic E-state index is -0.322. The molecule has 31 heavy (non-hydrogen) atoms. The van der Waals surface area contributed by atoms with Crippen LogP contribution in [0.1, 0.15) is 0 Å². The molecule has 8 heteroatoms. The van der Waals surface area contributed by atoms with E-state index in [0.29, 0.717) is 22.4 Å². The molecule has 4 aromatic rings. The van der Waals surface area contributed by atoms with Crippen molar-refractivity contribution >= 4 is 23.4 Å². The molecule has 156 valence electrons. The summed E-state index contributed by atoms with van der Waals surface area (Å²) in [5.74, 6) is 0.773. The van der Waals surface area contributed by atoms with E-state index in [0.717, 1.165) is 11.3 Å². The van der Waals surface area contributed by atoms with Gasteiger partial charge in [-0.3, -0.25) is 9.36 Å². The van der Waals surface area contributed by atoms with Crippen molar-refractivity contribution in [2.24, 2.45) is 0 Å². The van der Waals surface area contributed by atoms with Gasteiger partial charge in [-0.1, -0.05) is 42.1 Å². The zero-order chi connectivity index (χ0) is 21.6. The summed E-state index contributed by atoms with van der Waals surface area (Å²) in [6.45, 7) is 0. The van der Waals surface area contributed by atoms with E-state index in [2.05, 4.69) is 15.5 Å². The number of benzene rings is 3. The molecule has 0 radical (unpaired) electrons. The Kier molecular flexibility index (Phi) is 6.28. The van der Waals surface area contributed by atoms with Crippen molar-refractivity contribution < 1.29 is 13.9 Å². The van der Waals surface area contributed by atoms with Crippen LogP contribution >= 0.6 is 11.8 Å². The predicted molar refractivity (Wildman–Crippen MR) is 119 cm³/mol. The lowest BCUT2D eigenvalue weighted by atomic mass is 10.2. The molecule has 0 atom stereocenters. The first-order valence-corrected chi connectivity index (χ1v) is 10.5. The maximum absolute atomic E-state index is 13.4. The van der Waals surface area contributed by atoms with Crippen molar-refractivity contribution in [3.8, 4) is 22.8 Å². The van der Waals surface area contributed by atoms with E-state index in [1.807, 2.05) is 47.0 Å². The predicted octanol–water partition coefficient (Wildman–Crippen LogP) is 4.81. The van der Waals surface area contributed by atoms with Gasteiger partial charge in [-0.15, -0.1) is 10.2 Å². The molecule has 0 fully saturated rings. The third-order valence-corrected chi connectivity index (χ3v) is 5.39. The number of rotatable bonds is 7. The van der Waals surface area contributed by atoms with Crippen LogP contribution in [0.4, 0.5) is 10.1 Å². The molecule has 4 rings (SSSR count). The third kappa shape index (κ3) is 4.75. The molecule has 1 heterocycles. The second kappa shape index (κ2) is 9.44. The van der Waals surface area contributed by atoms with Crippen LogP contribution in [0.3, 0.4) is 0 Å². The Labute approximate surface area is 183 Å². The monoisotopic (exact) mass is 434 g/mol. The molecule has 6 nitrogen and oxygen atoms in total. The zero-order valence-electron chi connectivity index (χ0n) is 16.7. The van der Waals surface area contributed by atoms with Crippen molar-refractivity contribution in [2.75, 3.05) is 18.2 Å². The third-order valence-electron chi connectivity index (χ3n) is 4.46. The van der Waals surface area contributed by atoms with Gasteiger partial charge >= 0.3 is 0 Å². The molecule has 0 aliphatic heterocycles. The second-order valence-corrected chi connectivity index (χ2v) is 7.46. The van der Waals surface area contributed by atoms with Crippen molar-refractivity contribution in [3.63, 3.8) is 0 Å². The number of hydrogen-bond acceptors (Lipinski definition) is 5. The summed E-state index contributed by atoms with van der Waals surface area (Å²) in [5.41, 5.74) is 2.18. The maximum Gasteiger partial charge on any atom is 0.234 e. The van der Waals surface area contributed by atoms with E-state index in [1.54, 1.807) is 31.4 Å². The molecule has 0 unspecified atom stereocenters. The Bertz CT molecular complexity index is 1180. The Balaban J connectivity index is 1.58. The summed E-state index contributed by atoms with van der Waals surface area (Å²) in [6, 6.07) is 22.9. The van der Waals surface area contributed by atoms with Crippen LogP contribution in [0.15, 0.2) is 84.0 Å². The number of methoxy groups -OCH3 is 1. The van der Waals surface area contributed by atoms with E-state index in [-0.39, 0.29) is 17.5 Å². The summed E-state index contributed by atoms with van der Waals surface area (Å²) in [7, 11) is 1.55. The summed E-state index contributed by atoms with van der Waals surface area (Å²) in [4.78, 5) is 12.5. The maximum atomic E-state index is 13.4. The fraction of sp³-hybridized carbons (Fsp3) is 0.0870. The van der Waals surface area contributed by atoms with Crippen LogP contribution in [0.5, 0.6) is 5.75 Å². The molecular weight excluding hydrogens is 415 g/mol. The SMILES string of the molecule is COc1ccccc1NC(=O)CSc1nnc(-c2ccc(F)cc2)n1-c1ccccc1. The molecule has 1 amide bonds. The van der Waals surface area contributed by atoms with Crippen molar-refractivity contribution in [1.29, 1.82) is 0 Å². The Hall–Kier alpha value is -3.65. The van der Waals surface area contributed by atoms with Gasteiger partial charge in [0.2, 0.25) is 5.91 Å². The number of anilines is 1. The number of thioether (sulfide) groups is 1. The number of amides is 1. The summed E-state index contributed by atoms with van der Waals surface area (Å²) in [5, 5.41) is 12.0. The summed E-state index contributed by atoms with van der Waals surface area (Å²) in [6.07, 6.45) is 0. The second-order valence-electron chi connectivity index (χ2n) is 6.52. The minimum absolute atomic E-state index is 0.131. The average molecular weight is 434 g/mol. The number of aromatic nitrogens is 3. The van der Waals surface area contributed by atoms with E-state index in [4.69, 9.17) is 4.74 Å². The molecular formula is C23H19FN4O2S. The molecule has 0 spiro atoms. The quantitative estimate of drug-likeness (QED) is 0.423. The summed E-state index contributed by atoms with van der Waals surface area (Å²) < 4.78 is 20.5. The van der Waals surface area contributed by atoms with Gasteiger partial charge in [0, 0.05) is 11.3 Å². The van der Waals surface area contributed by atoms with Gasteiger partial charge < -0.3 is 10.1 Å². The van der Waals surface area contributed by atoms with Crippen LogP contribution in [0.2, 0.25) is 0 Å². The van der Waals surface area contributed by atoms with Gasteiger partial charge in [-0.2, -0.15) is 0 Å². The van der Waals surface area contributed by atoms with E-state index in [9.17, 15) is 9.18 Å². The number of hydrogen-bond donors (Lipinski definition) is 1. The first-order chi connectivity index (χ1) is 15.2. The van der Waals surface area contributed by atoms with Crippen molar-refractivity contribution in [2.45, 2.75) is 5.16 Å². The largest absolute Gasteiger partial charge is 0.495 e. The molecule has 0 aliphatic rings. The van der Waals surface area contributed by atoms with Gasteiger partial charge in [0.05, 0.1) is 18.6 Å². The highest BCUT2D eigenvalue weighted by molar-refractivity contribution is 7.99. The fourth-order valence-electron chi connectivity index (χ4n) is 3.02. The van der Waals surface area contributed by atoms with Crippen molar-refractivity contribution in [1.82, 2.24) is 14.8 Å². The molecule has 3 aromatic carbocycles. The highest BCUT2D eigenvalue weighted by atomic mass is 32.2. The first kappa shape index (κ1) is 20.6. The zero-order valence-corrected chi connectivity index (χ0v) is 17.5. The van der Waals surface area contributed by atoms with Crippen LogP contribution in [-0.2, 0) is 4.79 Å². The number of nitrogens with zero attached hydrogens (tertiary/aromatic N) is 3. The fourth-order valence-corrected chi connectivity index (χ4v) is 3.78. The van der Waals surface area contributed by atoms with Gasteiger partial charge in [0.25, 0.3) is 0 Å². The summed E-state index contributed by atoms with van der Waals surface area (Å²) >= 11 is 1.26. The van der Waals surface area contributed by atoms with E-state index >= 15 is 0 Å². The lowest BCUT2D eigenvalue weighted by molar-refractivity contribution is -0.113. The van der Waals surface area contributed by atoms with Crippen LogP contribution in [0.25, 0.3) is 17.1 Å². The number of ether oxygens (including phenoxy) is 1. The normalized spacial score (nSPS) is 10.6. The number of carbonyl (C=O) groups excluding carboxylic acids is 1. The first-order valence-electron chi connectivity index (χ1n) is 9.48. The highest BCUT2D eigenvalue weighted by Gasteiger charge is 2.17. The van der Waals surface area contributed by atoms with Gasteiger partial charge in [0.15, 0.2) is 11.0 Å². The Morgan fingerprint density at radius 3 is 2.45 bits per heavy atom. The molecule has 1 N–H and O–H groups in total. The topological polar surface area (TPSA) is 69.0 Å². The van der Waals surface area contributed by atoms with E-state index in [1.165, 1.54) is 23.9 Å². The minimum Gasteiger partial charge on any atom is -0.495 e. The number of halogens is 1. The highest BCUT2D eigenvalue weighted by Crippen LogP contribution is 2.29. The van der Waals surface area contributed by atoms with Gasteiger partial charge in [-0.05, 0) is 48.5 Å². The van der Waals surface area contributed by atoms with Crippen LogP contribution in [0, 0.1) is 5.82 Å². The lowest BCUT2D eigenvalue weighted by Gasteiger charge is -2.11. The lowest BCUT2D eigenvalue weighted by Crippen LogP contribution is -2.15. The van der Waals surface area contributed by atoms with Crippen LogP contribution in [-0.4, -0.2) is 33.5 Å². The Morgan fingerprint density at radius 2 is 1.71 bits per heavy atom. The molecule has 0 aliphatic carbocycles. The van der Waals surface area contributed by atoms with Crippen molar-refractivity contribution in [3.05, 3.63) is 84.7 Å². The molecule has 1 aromatic heterocycles. The smallest absolute Gasteiger partial charge is 0.234 e. The molecule has 0 bridgehead atoms. The Morgan fingerprint density at radius 1 is 1.00 bits per heavy atom. The standard InChI is InChI=1S/C23H19FN4O2S/c1-30-20-10-6-5-9-19(20)25-21(29)15-31-23-27-26-22(16-11-13-17(24)14-12-16)28(23)18-7-3-2-4-8-18/h2-14H,15H2,1H3,(H,25,29). The molecule has 0 saturated heterocycles.